The molecule has 1 aliphatic rings. The molecule has 1 aromatic carbocycles. The molecular weight excluding hydrogens is 348 g/mol. The van der Waals surface area contributed by atoms with Crippen molar-refractivity contribution in [2.45, 2.75) is 44.7 Å². The minimum atomic E-state index is -0.506. The molecule has 1 saturated carbocycles. The third-order valence-corrected chi connectivity index (χ3v) is 4.97. The molecule has 3 rings (SSSR count). The molecule has 1 atom stereocenters. The molecule has 1 heterocycles. The van der Waals surface area contributed by atoms with Gasteiger partial charge in [-0.25, -0.2) is 0 Å². The van der Waals surface area contributed by atoms with Crippen molar-refractivity contribution in [1.82, 2.24) is 15.5 Å². The first kappa shape index (κ1) is 19.2. The summed E-state index contributed by atoms with van der Waals surface area (Å²) in [5.41, 5.74) is 6.19. The second kappa shape index (κ2) is 7.56. The van der Waals surface area contributed by atoms with Crippen LogP contribution in [0.15, 0.2) is 22.7 Å². The Morgan fingerprint density at radius 2 is 1.85 bits per heavy atom. The lowest BCUT2D eigenvalue weighted by Gasteiger charge is -2.34. The first-order valence-corrected chi connectivity index (χ1v) is 9.03. The average molecular weight is 374 g/mol. The van der Waals surface area contributed by atoms with Gasteiger partial charge in [-0.1, -0.05) is 19.0 Å². The lowest BCUT2D eigenvalue weighted by atomic mass is 9.77. The number of carbonyl (C=O) groups excluding carboxylic acids is 1. The Bertz CT molecular complexity index is 792. The van der Waals surface area contributed by atoms with Gasteiger partial charge in [-0.2, -0.15) is 4.98 Å². The number of methoxy groups -OCH3 is 2. The fraction of sp³-hybridized carbons (Fsp3) is 0.526. The Morgan fingerprint density at radius 3 is 2.33 bits per heavy atom. The molecule has 1 unspecified atom stereocenters. The zero-order chi connectivity index (χ0) is 19.6. The van der Waals surface area contributed by atoms with Gasteiger partial charge < -0.3 is 25.0 Å². The number of nitrogens with two attached hydrogens (primary N) is 1. The summed E-state index contributed by atoms with van der Waals surface area (Å²) in [5.74, 6) is 1.71. The summed E-state index contributed by atoms with van der Waals surface area (Å²) < 4.78 is 15.9. The Hall–Kier alpha value is -2.61. The number of nitrogens with one attached hydrogen (secondary N) is 1. The van der Waals surface area contributed by atoms with Crippen molar-refractivity contribution in [2.75, 3.05) is 14.2 Å². The van der Waals surface area contributed by atoms with E-state index in [1.54, 1.807) is 18.2 Å². The highest BCUT2D eigenvalue weighted by Gasteiger charge is 2.40. The third-order valence-electron chi connectivity index (χ3n) is 4.97. The van der Waals surface area contributed by atoms with E-state index >= 15 is 0 Å². The zero-order valence-corrected chi connectivity index (χ0v) is 16.1. The molecule has 8 nitrogen and oxygen atoms in total. The lowest BCUT2D eigenvalue weighted by molar-refractivity contribution is 0.0913. The number of benzene rings is 1. The van der Waals surface area contributed by atoms with Crippen LogP contribution < -0.4 is 20.5 Å². The van der Waals surface area contributed by atoms with Gasteiger partial charge in [0.15, 0.2) is 5.82 Å². The van der Waals surface area contributed by atoms with Crippen molar-refractivity contribution in [3.05, 3.63) is 35.5 Å². The number of ether oxygens (including phenoxy) is 2. The Kier molecular flexibility index (Phi) is 5.36. The van der Waals surface area contributed by atoms with E-state index in [-0.39, 0.29) is 11.8 Å². The molecule has 0 radical (unpaired) electrons. The number of hydrogen-bond acceptors (Lipinski definition) is 7. The quantitative estimate of drug-likeness (QED) is 0.766. The van der Waals surface area contributed by atoms with E-state index in [1.807, 2.05) is 13.8 Å². The predicted octanol–water partition coefficient (Wildman–Crippen LogP) is 2.55. The van der Waals surface area contributed by atoms with Gasteiger partial charge >= 0.3 is 0 Å². The minimum Gasteiger partial charge on any atom is -0.497 e. The van der Waals surface area contributed by atoms with Crippen LogP contribution in [0.3, 0.4) is 0 Å². The molecule has 27 heavy (non-hydrogen) atoms. The minimum absolute atomic E-state index is 0.0462. The van der Waals surface area contributed by atoms with Crippen LogP contribution >= 0.6 is 0 Å². The smallest absolute Gasteiger partial charge is 0.252 e. The highest BCUT2D eigenvalue weighted by atomic mass is 16.5. The van der Waals surface area contributed by atoms with Crippen molar-refractivity contribution in [1.29, 1.82) is 0 Å². The molecule has 0 bridgehead atoms. The van der Waals surface area contributed by atoms with Crippen molar-refractivity contribution in [3.8, 4) is 11.5 Å². The van der Waals surface area contributed by atoms with Crippen LogP contribution in [0.1, 0.15) is 61.2 Å². The zero-order valence-electron chi connectivity index (χ0n) is 16.1. The number of nitrogens with zero attached hydrogens (tertiary/aromatic N) is 2. The molecule has 1 aliphatic carbocycles. The van der Waals surface area contributed by atoms with Gasteiger partial charge in [-0.15, -0.1) is 0 Å². The largest absolute Gasteiger partial charge is 0.497 e. The Balaban J connectivity index is 1.81. The van der Waals surface area contributed by atoms with E-state index < -0.39 is 11.6 Å². The molecule has 1 fully saturated rings. The molecule has 2 aromatic rings. The van der Waals surface area contributed by atoms with Crippen molar-refractivity contribution >= 4 is 5.91 Å². The van der Waals surface area contributed by atoms with Crippen molar-refractivity contribution in [2.24, 2.45) is 11.7 Å². The van der Waals surface area contributed by atoms with Crippen LogP contribution in [0.4, 0.5) is 0 Å². The Morgan fingerprint density at radius 1 is 1.22 bits per heavy atom. The summed E-state index contributed by atoms with van der Waals surface area (Å²) >= 11 is 0. The molecule has 1 amide bonds. The normalized spacial score (nSPS) is 16.5. The second-order valence-corrected chi connectivity index (χ2v) is 7.26. The maximum absolute atomic E-state index is 12.8. The van der Waals surface area contributed by atoms with Gasteiger partial charge in [0.1, 0.15) is 17.5 Å². The van der Waals surface area contributed by atoms with Gasteiger partial charge in [0.05, 0.1) is 19.8 Å². The summed E-state index contributed by atoms with van der Waals surface area (Å²) in [5, 5.41) is 7.01. The highest BCUT2D eigenvalue weighted by molar-refractivity contribution is 5.95. The van der Waals surface area contributed by atoms with E-state index in [0.717, 1.165) is 19.3 Å². The number of amides is 1. The number of carbonyl (C=O) groups is 1. The van der Waals surface area contributed by atoms with Crippen LogP contribution in [0.2, 0.25) is 0 Å². The van der Waals surface area contributed by atoms with Gasteiger partial charge in [-0.05, 0) is 37.3 Å². The van der Waals surface area contributed by atoms with E-state index in [9.17, 15) is 4.79 Å². The predicted molar refractivity (Wildman–Crippen MR) is 98.6 cm³/mol. The number of aromatic nitrogens is 2. The van der Waals surface area contributed by atoms with E-state index in [2.05, 4.69) is 15.5 Å². The molecule has 1 aromatic heterocycles. The van der Waals surface area contributed by atoms with Crippen LogP contribution in [-0.2, 0) is 5.54 Å². The monoisotopic (exact) mass is 374 g/mol. The molecule has 0 aliphatic heterocycles. The molecular formula is C19H26N4O4. The molecule has 3 N–H and O–H groups in total. The maximum Gasteiger partial charge on any atom is 0.252 e. The van der Waals surface area contributed by atoms with Crippen LogP contribution in [0.25, 0.3) is 0 Å². The fourth-order valence-corrected chi connectivity index (χ4v) is 3.02. The standard InChI is InChI=1S/C19H26N4O4/c1-11(2)15(17-22-18(23-27-17)19(20)6-5-7-19)21-16(24)12-8-13(25-3)10-14(9-12)26-4/h8-11,15H,5-7,20H2,1-4H3,(H,21,24). The van der Waals surface area contributed by atoms with Crippen molar-refractivity contribution < 1.29 is 18.8 Å². The van der Waals surface area contributed by atoms with Gasteiger partial charge in [0, 0.05) is 11.6 Å². The van der Waals surface area contributed by atoms with Crippen molar-refractivity contribution in [3.63, 3.8) is 0 Å². The summed E-state index contributed by atoms with van der Waals surface area (Å²) in [6.45, 7) is 3.95. The second-order valence-electron chi connectivity index (χ2n) is 7.26. The fourth-order valence-electron chi connectivity index (χ4n) is 3.02. The van der Waals surface area contributed by atoms with Crippen LogP contribution in [-0.4, -0.2) is 30.3 Å². The van der Waals surface area contributed by atoms with E-state index in [1.165, 1.54) is 14.2 Å². The summed E-state index contributed by atoms with van der Waals surface area (Å²) in [4.78, 5) is 17.3. The third kappa shape index (κ3) is 3.90. The van der Waals surface area contributed by atoms with Gasteiger partial charge in [0.2, 0.25) is 5.89 Å². The van der Waals surface area contributed by atoms with Gasteiger partial charge in [-0.3, -0.25) is 4.79 Å². The lowest BCUT2D eigenvalue weighted by Crippen LogP contribution is -2.44. The van der Waals surface area contributed by atoms with E-state index in [4.69, 9.17) is 19.7 Å². The van der Waals surface area contributed by atoms with Gasteiger partial charge in [0.25, 0.3) is 5.91 Å². The molecule has 146 valence electrons. The van der Waals surface area contributed by atoms with Crippen LogP contribution in [0, 0.1) is 5.92 Å². The molecule has 0 spiro atoms. The molecule has 0 saturated heterocycles. The first-order chi connectivity index (χ1) is 12.9. The Labute approximate surface area is 158 Å². The van der Waals surface area contributed by atoms with Crippen LogP contribution in [0.5, 0.6) is 11.5 Å². The SMILES string of the molecule is COc1cc(OC)cc(C(=O)NC(c2nc(C3(N)CCC3)no2)C(C)C)c1. The molecule has 8 heteroatoms. The summed E-state index contributed by atoms with van der Waals surface area (Å²) in [6.07, 6.45) is 2.74. The number of hydrogen-bond donors (Lipinski definition) is 2. The summed E-state index contributed by atoms with van der Waals surface area (Å²) in [7, 11) is 3.08. The number of rotatable bonds is 7. The first-order valence-electron chi connectivity index (χ1n) is 9.03. The highest BCUT2D eigenvalue weighted by Crippen LogP contribution is 2.37. The maximum atomic E-state index is 12.8. The van der Waals surface area contributed by atoms with E-state index in [0.29, 0.717) is 28.8 Å². The summed E-state index contributed by atoms with van der Waals surface area (Å²) in [6, 6.07) is 4.58. The average Bonchev–Trinajstić information content (AvgIpc) is 3.13. The topological polar surface area (TPSA) is 112 Å².